The summed E-state index contributed by atoms with van der Waals surface area (Å²) in [7, 11) is 1.27. The summed E-state index contributed by atoms with van der Waals surface area (Å²) < 4.78 is 60.8. The number of methoxy groups -OCH3 is 1. The van der Waals surface area contributed by atoms with Crippen LogP contribution < -0.4 is 24.3 Å². The summed E-state index contributed by atoms with van der Waals surface area (Å²) in [5.74, 6) is -0.829. The van der Waals surface area contributed by atoms with E-state index >= 15 is 0 Å². The van der Waals surface area contributed by atoms with Crippen LogP contribution in [-0.2, 0) is 15.8 Å². The number of imide groups is 1. The molecular formula is C28H20F3N3O9S. The number of hydrogen-bond donors (Lipinski definition) is 1. The number of rotatable bonds is 8. The maximum atomic E-state index is 13.0. The minimum absolute atomic E-state index is 0.0104. The number of ether oxygens (including phenoxy) is 4. The van der Waals surface area contributed by atoms with Gasteiger partial charge in [0.15, 0.2) is 23.0 Å². The number of alkyl halides is 3. The second-order valence-corrected chi connectivity index (χ2v) is 10.1. The van der Waals surface area contributed by atoms with Gasteiger partial charge in [0, 0.05) is 17.8 Å². The lowest BCUT2D eigenvalue weighted by Gasteiger charge is -2.19. The van der Waals surface area contributed by atoms with Crippen molar-refractivity contribution < 1.29 is 51.4 Å². The first kappa shape index (κ1) is 30.2. The zero-order chi connectivity index (χ0) is 31.6. The Labute approximate surface area is 250 Å². The smallest absolute Gasteiger partial charge is 0.416 e. The predicted molar refractivity (Wildman–Crippen MR) is 150 cm³/mol. The van der Waals surface area contributed by atoms with Gasteiger partial charge in [-0.1, -0.05) is 6.07 Å². The highest BCUT2D eigenvalue weighted by molar-refractivity contribution is 8.18. The van der Waals surface area contributed by atoms with E-state index < -0.39 is 51.7 Å². The molecule has 228 valence electrons. The number of anilines is 1. The van der Waals surface area contributed by atoms with Gasteiger partial charge in [-0.15, -0.1) is 0 Å². The molecule has 2 aliphatic heterocycles. The fourth-order valence-electron chi connectivity index (χ4n) is 4.15. The van der Waals surface area contributed by atoms with Crippen LogP contribution in [-0.4, -0.2) is 53.7 Å². The van der Waals surface area contributed by atoms with E-state index in [1.165, 1.54) is 31.4 Å². The number of benzene rings is 3. The number of thioether (sulfide) groups is 1. The highest BCUT2D eigenvalue weighted by Gasteiger charge is 2.37. The van der Waals surface area contributed by atoms with E-state index in [0.29, 0.717) is 59.9 Å². The van der Waals surface area contributed by atoms with Crippen molar-refractivity contribution in [2.45, 2.75) is 6.18 Å². The lowest BCUT2D eigenvalue weighted by Crippen LogP contribution is -2.36. The Morgan fingerprint density at radius 2 is 1.77 bits per heavy atom. The first-order valence-corrected chi connectivity index (χ1v) is 13.4. The second-order valence-electron chi connectivity index (χ2n) is 9.12. The lowest BCUT2D eigenvalue weighted by atomic mass is 10.1. The number of nitrogens with zero attached hydrogens (tertiary/aromatic N) is 2. The average molecular weight is 632 g/mol. The molecule has 3 aromatic rings. The standard InChI is InChI=1S/C28H20F3N3O9S/c1-40-22-10-15(2-5-21(22)43-19-6-3-16(28(29,30)31)12-18(19)34(38)39)11-24-26(36)33(27(37)44-24)14-25(35)32-17-4-7-20-23(13-17)42-9-8-41-20/h2-7,10-13H,8-9,14H2,1H3,(H,32,35)/b24-11+. The Morgan fingerprint density at radius 1 is 1.05 bits per heavy atom. The third-order valence-electron chi connectivity index (χ3n) is 6.19. The predicted octanol–water partition coefficient (Wildman–Crippen LogP) is 5.86. The van der Waals surface area contributed by atoms with Crippen molar-refractivity contribution in [1.29, 1.82) is 0 Å². The van der Waals surface area contributed by atoms with Gasteiger partial charge in [-0.3, -0.25) is 29.4 Å². The molecule has 12 nitrogen and oxygen atoms in total. The molecule has 0 spiro atoms. The topological polar surface area (TPSA) is 147 Å². The highest BCUT2D eigenvalue weighted by atomic mass is 32.2. The van der Waals surface area contributed by atoms with Crippen LogP contribution in [0.3, 0.4) is 0 Å². The fraction of sp³-hybridized carbons (Fsp3) is 0.179. The van der Waals surface area contributed by atoms with E-state index in [2.05, 4.69) is 5.32 Å². The van der Waals surface area contributed by atoms with Crippen molar-refractivity contribution in [3.63, 3.8) is 0 Å². The molecule has 16 heteroatoms. The van der Waals surface area contributed by atoms with E-state index in [1.807, 2.05) is 0 Å². The third-order valence-corrected chi connectivity index (χ3v) is 7.10. The average Bonchev–Trinajstić information content (AvgIpc) is 3.24. The molecule has 0 radical (unpaired) electrons. The van der Waals surface area contributed by atoms with Gasteiger partial charge in [0.05, 0.1) is 22.5 Å². The van der Waals surface area contributed by atoms with E-state index in [-0.39, 0.29) is 16.4 Å². The molecule has 0 aliphatic carbocycles. The van der Waals surface area contributed by atoms with Crippen molar-refractivity contribution >= 4 is 46.3 Å². The molecule has 1 fully saturated rings. The van der Waals surface area contributed by atoms with Gasteiger partial charge in [-0.25, -0.2) is 0 Å². The molecule has 5 rings (SSSR count). The fourth-order valence-corrected chi connectivity index (χ4v) is 4.99. The monoisotopic (exact) mass is 631 g/mol. The zero-order valence-corrected chi connectivity index (χ0v) is 23.3. The molecule has 44 heavy (non-hydrogen) atoms. The molecule has 0 atom stereocenters. The van der Waals surface area contributed by atoms with Crippen LogP contribution in [0.1, 0.15) is 11.1 Å². The van der Waals surface area contributed by atoms with Crippen molar-refractivity contribution in [2.24, 2.45) is 0 Å². The van der Waals surface area contributed by atoms with Gasteiger partial charge in [0.25, 0.3) is 11.1 Å². The molecule has 0 bridgehead atoms. The van der Waals surface area contributed by atoms with Gasteiger partial charge < -0.3 is 24.3 Å². The Morgan fingerprint density at radius 3 is 2.48 bits per heavy atom. The molecule has 0 saturated carbocycles. The van der Waals surface area contributed by atoms with Crippen molar-refractivity contribution in [1.82, 2.24) is 4.90 Å². The number of nitro groups is 1. The third kappa shape index (κ3) is 6.54. The summed E-state index contributed by atoms with van der Waals surface area (Å²) in [4.78, 5) is 49.3. The first-order chi connectivity index (χ1) is 20.9. The summed E-state index contributed by atoms with van der Waals surface area (Å²) in [6.07, 6.45) is -3.42. The molecule has 2 heterocycles. The van der Waals surface area contributed by atoms with Gasteiger partial charge in [0.1, 0.15) is 19.8 Å². The molecule has 0 aromatic heterocycles. The van der Waals surface area contributed by atoms with Crippen molar-refractivity contribution in [2.75, 3.05) is 32.2 Å². The minimum Gasteiger partial charge on any atom is -0.493 e. The van der Waals surface area contributed by atoms with Crippen LogP contribution >= 0.6 is 11.8 Å². The van der Waals surface area contributed by atoms with E-state index in [4.69, 9.17) is 18.9 Å². The molecule has 0 unspecified atom stereocenters. The molecule has 3 aromatic carbocycles. The van der Waals surface area contributed by atoms with E-state index in [9.17, 15) is 37.7 Å². The van der Waals surface area contributed by atoms with Crippen LogP contribution in [0, 0.1) is 10.1 Å². The Bertz CT molecular complexity index is 1710. The maximum absolute atomic E-state index is 13.0. The summed E-state index contributed by atoms with van der Waals surface area (Å²) in [6.45, 7) is 0.221. The zero-order valence-electron chi connectivity index (χ0n) is 22.5. The SMILES string of the molecule is COc1cc(/C=C2/SC(=O)N(CC(=O)Nc3ccc4c(c3)OCCO4)C2=O)ccc1Oc1ccc(C(F)(F)F)cc1[N+](=O)[O-]. The summed E-state index contributed by atoms with van der Waals surface area (Å²) in [5.41, 5.74) is -1.37. The van der Waals surface area contributed by atoms with Gasteiger partial charge in [-0.2, -0.15) is 13.2 Å². The number of halogens is 3. The Balaban J connectivity index is 1.29. The molecule has 1 saturated heterocycles. The van der Waals surface area contributed by atoms with Crippen molar-refractivity contribution in [3.05, 3.63) is 80.7 Å². The number of nitrogens with one attached hydrogen (secondary N) is 1. The quantitative estimate of drug-likeness (QED) is 0.182. The lowest BCUT2D eigenvalue weighted by molar-refractivity contribution is -0.385. The summed E-state index contributed by atoms with van der Waals surface area (Å²) in [6, 6.07) is 10.8. The molecule has 2 aliphatic rings. The van der Waals surface area contributed by atoms with Crippen molar-refractivity contribution in [3.8, 4) is 28.7 Å². The van der Waals surface area contributed by atoms with Gasteiger partial charge >= 0.3 is 11.9 Å². The van der Waals surface area contributed by atoms with E-state index in [1.54, 1.807) is 18.2 Å². The molecule has 1 N–H and O–H groups in total. The van der Waals surface area contributed by atoms with Gasteiger partial charge in [-0.05, 0) is 59.8 Å². The highest BCUT2D eigenvalue weighted by Crippen LogP contribution is 2.41. The minimum atomic E-state index is -4.79. The van der Waals surface area contributed by atoms with Crippen LogP contribution in [0.25, 0.3) is 6.08 Å². The van der Waals surface area contributed by atoms with E-state index in [0.717, 1.165) is 11.0 Å². The van der Waals surface area contributed by atoms with Crippen LogP contribution in [0.2, 0.25) is 0 Å². The Kier molecular flexibility index (Phi) is 8.35. The number of amides is 3. The second kappa shape index (κ2) is 12.2. The number of hydrogen-bond acceptors (Lipinski definition) is 10. The van der Waals surface area contributed by atoms with Crippen LogP contribution in [0.15, 0.2) is 59.5 Å². The number of fused-ring (bicyclic) bond motifs is 1. The summed E-state index contributed by atoms with van der Waals surface area (Å²) >= 11 is 0.615. The normalized spacial score (nSPS) is 15.4. The maximum Gasteiger partial charge on any atom is 0.416 e. The summed E-state index contributed by atoms with van der Waals surface area (Å²) in [5, 5.41) is 13.3. The van der Waals surface area contributed by atoms with Gasteiger partial charge in [0.2, 0.25) is 11.7 Å². The number of carbonyl (C=O) groups excluding carboxylic acids is 3. The van der Waals surface area contributed by atoms with Crippen LogP contribution in [0.5, 0.6) is 28.7 Å². The number of carbonyl (C=O) groups is 3. The van der Waals surface area contributed by atoms with Crippen LogP contribution in [0.4, 0.5) is 29.3 Å². The molecule has 3 amide bonds. The molecular weight excluding hydrogens is 611 g/mol. The Hall–Kier alpha value is -5.25. The first-order valence-electron chi connectivity index (χ1n) is 12.6. The largest absolute Gasteiger partial charge is 0.493 e. The number of nitro benzene ring substituents is 1.